The molecule has 0 spiro atoms. The summed E-state index contributed by atoms with van der Waals surface area (Å²) < 4.78 is 56.9. The summed E-state index contributed by atoms with van der Waals surface area (Å²) in [5, 5.41) is 6.72. The summed E-state index contributed by atoms with van der Waals surface area (Å²) in [6, 6.07) is 9.85. The van der Waals surface area contributed by atoms with E-state index in [2.05, 4.69) is 24.6 Å². The van der Waals surface area contributed by atoms with Gasteiger partial charge in [-0.3, -0.25) is 9.82 Å². The van der Waals surface area contributed by atoms with Crippen LogP contribution in [0.3, 0.4) is 0 Å². The second kappa shape index (κ2) is 8.34. The molecule has 1 aromatic heterocycles. The van der Waals surface area contributed by atoms with Gasteiger partial charge >= 0.3 is 6.61 Å². The van der Waals surface area contributed by atoms with Gasteiger partial charge in [-0.25, -0.2) is 13.4 Å². The molecule has 0 aliphatic rings. The van der Waals surface area contributed by atoms with E-state index < -0.39 is 16.6 Å². The molecule has 0 atom stereocenters. The van der Waals surface area contributed by atoms with E-state index in [1.807, 2.05) is 13.8 Å². The van der Waals surface area contributed by atoms with Crippen molar-refractivity contribution in [1.82, 2.24) is 15.2 Å². The maximum absolute atomic E-state index is 12.8. The SMILES string of the molecule is CC(C)c1nc(-c2ccccc2NS(=O)(=O)c2ccc(OC(F)F)c(Cl)c2)n[nH]1. The zero-order valence-corrected chi connectivity index (χ0v) is 16.9. The summed E-state index contributed by atoms with van der Waals surface area (Å²) in [5.41, 5.74) is 0.730. The largest absolute Gasteiger partial charge is 0.433 e. The highest BCUT2D eigenvalue weighted by molar-refractivity contribution is 7.92. The molecule has 154 valence electrons. The van der Waals surface area contributed by atoms with E-state index >= 15 is 0 Å². The molecule has 0 aliphatic carbocycles. The van der Waals surface area contributed by atoms with E-state index in [0.29, 0.717) is 17.2 Å². The Morgan fingerprint density at radius 2 is 1.90 bits per heavy atom. The molecule has 7 nitrogen and oxygen atoms in total. The third-order valence-corrected chi connectivity index (χ3v) is 5.55. The molecule has 0 aliphatic heterocycles. The normalized spacial score (nSPS) is 11.8. The molecule has 29 heavy (non-hydrogen) atoms. The molecule has 2 N–H and O–H groups in total. The summed E-state index contributed by atoms with van der Waals surface area (Å²) in [5.74, 6) is 0.809. The first kappa shape index (κ1) is 21.0. The van der Waals surface area contributed by atoms with Gasteiger partial charge in [-0.2, -0.15) is 13.9 Å². The number of aromatic amines is 1. The highest BCUT2D eigenvalue weighted by Crippen LogP contribution is 2.31. The molecule has 0 unspecified atom stereocenters. The molecule has 1 heterocycles. The van der Waals surface area contributed by atoms with Gasteiger partial charge < -0.3 is 4.74 Å². The monoisotopic (exact) mass is 442 g/mol. The Morgan fingerprint density at radius 1 is 1.17 bits per heavy atom. The van der Waals surface area contributed by atoms with Crippen LogP contribution in [0.1, 0.15) is 25.6 Å². The third kappa shape index (κ3) is 4.83. The van der Waals surface area contributed by atoms with Gasteiger partial charge in [0.25, 0.3) is 10.0 Å². The third-order valence-electron chi connectivity index (χ3n) is 3.89. The lowest BCUT2D eigenvalue weighted by Gasteiger charge is -2.12. The standard InChI is InChI=1S/C18H17ClF2N4O3S/c1-10(2)16-22-17(24-23-16)12-5-3-4-6-14(12)25-29(26,27)11-7-8-15(13(19)9-11)28-18(20)21/h3-10,18,25H,1-2H3,(H,22,23,24). The van der Waals surface area contributed by atoms with Crippen molar-refractivity contribution in [1.29, 1.82) is 0 Å². The molecule has 0 fully saturated rings. The lowest BCUT2D eigenvalue weighted by Crippen LogP contribution is -2.14. The van der Waals surface area contributed by atoms with Gasteiger partial charge in [0.1, 0.15) is 11.6 Å². The number of benzene rings is 2. The summed E-state index contributed by atoms with van der Waals surface area (Å²) in [6.45, 7) is 0.825. The summed E-state index contributed by atoms with van der Waals surface area (Å²) in [4.78, 5) is 4.18. The number of aromatic nitrogens is 3. The number of anilines is 1. The number of ether oxygens (including phenoxy) is 1. The first-order valence-corrected chi connectivity index (χ1v) is 10.3. The van der Waals surface area contributed by atoms with E-state index in [-0.39, 0.29) is 27.3 Å². The van der Waals surface area contributed by atoms with Crippen molar-refractivity contribution < 1.29 is 21.9 Å². The van der Waals surface area contributed by atoms with Crippen LogP contribution in [0.15, 0.2) is 47.4 Å². The first-order chi connectivity index (χ1) is 13.7. The number of hydrogen-bond acceptors (Lipinski definition) is 5. The van der Waals surface area contributed by atoms with Crippen molar-refractivity contribution in [3.05, 3.63) is 53.3 Å². The molecule has 3 aromatic rings. The topological polar surface area (TPSA) is 97.0 Å². The maximum Gasteiger partial charge on any atom is 0.387 e. The summed E-state index contributed by atoms with van der Waals surface area (Å²) >= 11 is 5.87. The van der Waals surface area contributed by atoms with Crippen LogP contribution in [0.2, 0.25) is 5.02 Å². The van der Waals surface area contributed by atoms with Gasteiger partial charge in [0.2, 0.25) is 0 Å². The van der Waals surface area contributed by atoms with Crippen LogP contribution in [-0.2, 0) is 10.0 Å². The van der Waals surface area contributed by atoms with E-state index in [0.717, 1.165) is 18.2 Å². The van der Waals surface area contributed by atoms with Crippen molar-refractivity contribution in [2.24, 2.45) is 0 Å². The minimum atomic E-state index is -4.06. The van der Waals surface area contributed by atoms with Crippen molar-refractivity contribution in [3.8, 4) is 17.1 Å². The van der Waals surface area contributed by atoms with E-state index in [1.54, 1.807) is 24.3 Å². The van der Waals surface area contributed by atoms with E-state index in [1.165, 1.54) is 0 Å². The lowest BCUT2D eigenvalue weighted by molar-refractivity contribution is -0.0498. The number of nitrogens with one attached hydrogen (secondary N) is 2. The Labute approximate surface area is 171 Å². The van der Waals surface area contributed by atoms with Crippen molar-refractivity contribution in [2.45, 2.75) is 31.3 Å². The highest BCUT2D eigenvalue weighted by atomic mass is 35.5. The predicted octanol–water partition coefficient (Wildman–Crippen LogP) is 4.65. The number of halogens is 3. The molecule has 2 aromatic carbocycles. The van der Waals surface area contributed by atoms with Crippen LogP contribution in [0.25, 0.3) is 11.4 Å². The second-order valence-electron chi connectivity index (χ2n) is 6.32. The fourth-order valence-corrected chi connectivity index (χ4v) is 3.86. The molecule has 0 saturated carbocycles. The maximum atomic E-state index is 12.8. The van der Waals surface area contributed by atoms with Crippen LogP contribution < -0.4 is 9.46 Å². The van der Waals surface area contributed by atoms with Crippen LogP contribution in [0.4, 0.5) is 14.5 Å². The van der Waals surface area contributed by atoms with Gasteiger partial charge in [0, 0.05) is 11.5 Å². The molecule has 0 radical (unpaired) electrons. The summed E-state index contributed by atoms with van der Waals surface area (Å²) in [7, 11) is -4.06. The molecular weight excluding hydrogens is 426 g/mol. The van der Waals surface area contributed by atoms with Crippen molar-refractivity contribution in [3.63, 3.8) is 0 Å². The quantitative estimate of drug-likeness (QED) is 0.555. The van der Waals surface area contributed by atoms with Crippen molar-refractivity contribution in [2.75, 3.05) is 4.72 Å². The fraction of sp³-hybridized carbons (Fsp3) is 0.222. The van der Waals surface area contributed by atoms with Gasteiger partial charge in [-0.1, -0.05) is 37.6 Å². The smallest absolute Gasteiger partial charge is 0.387 e. The van der Waals surface area contributed by atoms with Crippen molar-refractivity contribution >= 4 is 27.3 Å². The molecule has 3 rings (SSSR count). The van der Waals surface area contributed by atoms with E-state index in [9.17, 15) is 17.2 Å². The Bertz CT molecular complexity index is 1120. The highest BCUT2D eigenvalue weighted by Gasteiger charge is 2.20. The Kier molecular flexibility index (Phi) is 6.04. The average Bonchev–Trinajstić information content (AvgIpc) is 3.13. The number of alkyl halides is 2. The number of H-pyrrole nitrogens is 1. The van der Waals surface area contributed by atoms with Gasteiger partial charge in [-0.15, -0.1) is 0 Å². The second-order valence-corrected chi connectivity index (χ2v) is 8.41. The molecule has 0 bridgehead atoms. The predicted molar refractivity (Wildman–Crippen MR) is 105 cm³/mol. The minimum Gasteiger partial charge on any atom is -0.433 e. The number of rotatable bonds is 7. The first-order valence-electron chi connectivity index (χ1n) is 8.46. The van der Waals surface area contributed by atoms with Crippen LogP contribution in [0.5, 0.6) is 5.75 Å². The number of para-hydroxylation sites is 1. The lowest BCUT2D eigenvalue weighted by atomic mass is 10.1. The number of sulfonamides is 1. The average molecular weight is 443 g/mol. The van der Waals surface area contributed by atoms with Gasteiger partial charge in [0.15, 0.2) is 5.82 Å². The van der Waals surface area contributed by atoms with E-state index in [4.69, 9.17) is 11.6 Å². The molecular formula is C18H17ClF2N4O3S. The number of hydrogen-bond donors (Lipinski definition) is 2. The molecule has 0 amide bonds. The zero-order valence-electron chi connectivity index (χ0n) is 15.4. The zero-order chi connectivity index (χ0) is 21.2. The Hall–Kier alpha value is -2.72. The van der Waals surface area contributed by atoms with Gasteiger partial charge in [0.05, 0.1) is 15.6 Å². The minimum absolute atomic E-state index is 0.121. The summed E-state index contributed by atoms with van der Waals surface area (Å²) in [6.07, 6.45) is 0. The molecule has 0 saturated heterocycles. The fourth-order valence-electron chi connectivity index (χ4n) is 2.46. The van der Waals surface area contributed by atoms with Crippen LogP contribution >= 0.6 is 11.6 Å². The Balaban J connectivity index is 1.92. The number of nitrogens with zero attached hydrogens (tertiary/aromatic N) is 2. The Morgan fingerprint density at radius 3 is 2.52 bits per heavy atom. The molecule has 11 heteroatoms. The van der Waals surface area contributed by atoms with Gasteiger partial charge in [-0.05, 0) is 30.3 Å². The van der Waals surface area contributed by atoms with Crippen LogP contribution in [0, 0.1) is 0 Å². The van der Waals surface area contributed by atoms with Crippen LogP contribution in [-0.4, -0.2) is 30.2 Å².